The number of thiophene rings is 1. The lowest BCUT2D eigenvalue weighted by atomic mass is 10.1. The third-order valence-corrected chi connectivity index (χ3v) is 7.42. The lowest BCUT2D eigenvalue weighted by Crippen LogP contribution is -2.32. The second-order valence-electron chi connectivity index (χ2n) is 9.07. The van der Waals surface area contributed by atoms with Crippen molar-refractivity contribution in [2.45, 2.75) is 25.9 Å². The highest BCUT2D eigenvalue weighted by atomic mass is 32.1. The molecule has 0 aromatic carbocycles. The van der Waals surface area contributed by atoms with Gasteiger partial charge >= 0.3 is 0 Å². The van der Waals surface area contributed by atoms with Crippen molar-refractivity contribution in [3.8, 4) is 22.6 Å². The average molecular weight is 509 g/mol. The molecule has 0 amide bonds. The molecular formula is C29H28N6OS. The van der Waals surface area contributed by atoms with Gasteiger partial charge in [0.1, 0.15) is 17.6 Å². The van der Waals surface area contributed by atoms with Crippen molar-refractivity contribution < 1.29 is 4.74 Å². The van der Waals surface area contributed by atoms with E-state index in [1.807, 2.05) is 37.5 Å². The number of nitrogens with zero attached hydrogens (tertiary/aromatic N) is 3. The summed E-state index contributed by atoms with van der Waals surface area (Å²) in [5, 5.41) is 17.4. The Morgan fingerprint density at radius 1 is 1.11 bits per heavy atom. The second kappa shape index (κ2) is 10.2. The van der Waals surface area contributed by atoms with E-state index in [1.165, 1.54) is 0 Å². The Morgan fingerprint density at radius 3 is 2.76 bits per heavy atom. The van der Waals surface area contributed by atoms with Crippen LogP contribution in [-0.4, -0.2) is 44.3 Å². The molecule has 3 N–H and O–H groups in total. The molecule has 186 valence electrons. The number of H-pyrrole nitrogens is 2. The first kappa shape index (κ1) is 23.4. The Labute approximate surface area is 219 Å². The minimum atomic E-state index is 0.204. The minimum absolute atomic E-state index is 0.204. The highest BCUT2D eigenvalue weighted by molar-refractivity contribution is 7.08. The van der Waals surface area contributed by atoms with Gasteiger partial charge in [0.25, 0.3) is 0 Å². The van der Waals surface area contributed by atoms with Crippen molar-refractivity contribution in [1.82, 2.24) is 30.5 Å². The Kier molecular flexibility index (Phi) is 6.42. The SMILES string of the molecule is C=C/C(=C\C(=C/C)c1cc2c(-c3cc4c(-c5ccsc5)nccc4[nH]3)n[nH]c2cn1)OC1CCNCC1. The third-order valence-electron chi connectivity index (χ3n) is 6.74. The molecule has 0 unspecified atom stereocenters. The van der Waals surface area contributed by atoms with Gasteiger partial charge in [-0.25, -0.2) is 0 Å². The normalized spacial score (nSPS) is 15.5. The Morgan fingerprint density at radius 2 is 1.97 bits per heavy atom. The van der Waals surface area contributed by atoms with E-state index in [0.717, 1.165) is 87.4 Å². The van der Waals surface area contributed by atoms with Gasteiger partial charge < -0.3 is 15.0 Å². The summed E-state index contributed by atoms with van der Waals surface area (Å²) in [5.41, 5.74) is 7.59. The van der Waals surface area contributed by atoms with E-state index in [0.29, 0.717) is 0 Å². The van der Waals surface area contributed by atoms with E-state index in [2.05, 4.69) is 61.0 Å². The number of nitrogens with one attached hydrogen (secondary N) is 3. The summed E-state index contributed by atoms with van der Waals surface area (Å²) in [6, 6.07) is 8.30. The molecule has 6 heterocycles. The van der Waals surface area contributed by atoms with E-state index < -0.39 is 0 Å². The fraction of sp³-hybridized carbons (Fsp3) is 0.207. The molecule has 5 aromatic rings. The molecule has 1 fully saturated rings. The van der Waals surface area contributed by atoms with Gasteiger partial charge in [-0.15, -0.1) is 0 Å². The zero-order valence-corrected chi connectivity index (χ0v) is 21.4. The molecule has 1 aliphatic rings. The van der Waals surface area contributed by atoms with Gasteiger partial charge in [-0.05, 0) is 80.2 Å². The Hall–Kier alpha value is -4.01. The Balaban J connectivity index is 1.36. The molecule has 1 saturated heterocycles. The van der Waals surface area contributed by atoms with Crippen LogP contribution in [0, 0.1) is 0 Å². The van der Waals surface area contributed by atoms with Crippen molar-refractivity contribution in [2.24, 2.45) is 0 Å². The van der Waals surface area contributed by atoms with Gasteiger partial charge in [0.2, 0.25) is 0 Å². The zero-order valence-electron chi connectivity index (χ0n) is 20.6. The third kappa shape index (κ3) is 4.61. The molecule has 8 heteroatoms. The molecular weight excluding hydrogens is 480 g/mol. The molecule has 0 aliphatic carbocycles. The smallest absolute Gasteiger partial charge is 0.119 e. The highest BCUT2D eigenvalue weighted by Gasteiger charge is 2.17. The standard InChI is InChI=1S/C29H28N6OS/c1-3-18(13-20(4-2)36-21-5-9-30-10-6-21)25-14-23-27(16-32-25)34-35-29(23)26-15-22-24(33-26)7-11-31-28(22)19-8-12-37-17-19/h3-4,7-8,11-17,21,30,33H,2,5-6,9-10H2,1H3,(H,34,35)/b18-3+,20-13+. The number of hydrogen-bond donors (Lipinski definition) is 3. The number of fused-ring (bicyclic) bond motifs is 2. The lowest BCUT2D eigenvalue weighted by Gasteiger charge is -2.24. The maximum atomic E-state index is 6.24. The molecule has 0 spiro atoms. The molecule has 6 rings (SSSR count). The van der Waals surface area contributed by atoms with Crippen LogP contribution < -0.4 is 5.32 Å². The number of pyridine rings is 2. The number of ether oxygens (including phenoxy) is 1. The Bertz CT molecular complexity index is 1620. The van der Waals surface area contributed by atoms with E-state index >= 15 is 0 Å². The molecule has 0 bridgehead atoms. The fourth-order valence-corrected chi connectivity index (χ4v) is 5.44. The van der Waals surface area contributed by atoms with Crippen LogP contribution in [0.2, 0.25) is 0 Å². The van der Waals surface area contributed by atoms with E-state index in [-0.39, 0.29) is 6.10 Å². The summed E-state index contributed by atoms with van der Waals surface area (Å²) < 4.78 is 6.24. The van der Waals surface area contributed by atoms with Crippen LogP contribution in [0.15, 0.2) is 78.0 Å². The summed E-state index contributed by atoms with van der Waals surface area (Å²) in [5.74, 6) is 0.762. The summed E-state index contributed by atoms with van der Waals surface area (Å²) >= 11 is 1.67. The van der Waals surface area contributed by atoms with Crippen molar-refractivity contribution in [1.29, 1.82) is 0 Å². The van der Waals surface area contributed by atoms with Crippen molar-refractivity contribution in [2.75, 3.05) is 13.1 Å². The molecule has 1 aliphatic heterocycles. The number of hydrogen-bond acceptors (Lipinski definition) is 6. The number of piperidine rings is 1. The number of allylic oxidation sites excluding steroid dienone is 4. The van der Waals surface area contributed by atoms with E-state index in [9.17, 15) is 0 Å². The lowest BCUT2D eigenvalue weighted by molar-refractivity contribution is 0.0962. The first-order valence-corrected chi connectivity index (χ1v) is 13.4. The summed E-state index contributed by atoms with van der Waals surface area (Å²) in [6.45, 7) is 7.93. The topological polar surface area (TPSA) is 91.5 Å². The van der Waals surface area contributed by atoms with Gasteiger partial charge in [0, 0.05) is 33.4 Å². The van der Waals surface area contributed by atoms with Crippen LogP contribution in [0.4, 0.5) is 0 Å². The minimum Gasteiger partial charge on any atom is -0.490 e. The van der Waals surface area contributed by atoms with Crippen LogP contribution in [0.5, 0.6) is 0 Å². The molecule has 7 nitrogen and oxygen atoms in total. The quantitative estimate of drug-likeness (QED) is 0.173. The van der Waals surface area contributed by atoms with Gasteiger partial charge in [-0.3, -0.25) is 15.1 Å². The highest BCUT2D eigenvalue weighted by Crippen LogP contribution is 2.34. The fourth-order valence-electron chi connectivity index (χ4n) is 4.80. The first-order chi connectivity index (χ1) is 18.2. The molecule has 37 heavy (non-hydrogen) atoms. The van der Waals surface area contributed by atoms with Gasteiger partial charge in [-0.1, -0.05) is 12.7 Å². The summed E-state index contributed by atoms with van der Waals surface area (Å²) in [6.07, 6.45) is 11.7. The van der Waals surface area contributed by atoms with E-state index in [1.54, 1.807) is 17.4 Å². The van der Waals surface area contributed by atoms with Crippen LogP contribution >= 0.6 is 11.3 Å². The largest absolute Gasteiger partial charge is 0.490 e. The van der Waals surface area contributed by atoms with Gasteiger partial charge in [0.15, 0.2) is 0 Å². The van der Waals surface area contributed by atoms with E-state index in [4.69, 9.17) is 9.72 Å². The number of aromatic nitrogens is 5. The molecule has 0 atom stereocenters. The van der Waals surface area contributed by atoms with Crippen LogP contribution in [0.25, 0.3) is 50.0 Å². The summed E-state index contributed by atoms with van der Waals surface area (Å²) in [7, 11) is 0. The van der Waals surface area contributed by atoms with Gasteiger partial charge in [-0.2, -0.15) is 16.4 Å². The molecule has 5 aromatic heterocycles. The average Bonchev–Trinajstić information content (AvgIpc) is 3.70. The zero-order chi connectivity index (χ0) is 25.2. The molecule has 0 saturated carbocycles. The van der Waals surface area contributed by atoms with Crippen molar-refractivity contribution in [3.05, 3.63) is 83.7 Å². The summed E-state index contributed by atoms with van der Waals surface area (Å²) in [4.78, 5) is 12.9. The second-order valence-corrected chi connectivity index (χ2v) is 9.85. The maximum Gasteiger partial charge on any atom is 0.119 e. The predicted molar refractivity (Wildman–Crippen MR) is 151 cm³/mol. The van der Waals surface area contributed by atoms with Crippen molar-refractivity contribution in [3.63, 3.8) is 0 Å². The van der Waals surface area contributed by atoms with Crippen LogP contribution in [-0.2, 0) is 4.74 Å². The van der Waals surface area contributed by atoms with Crippen molar-refractivity contribution >= 4 is 38.7 Å². The number of aromatic amines is 2. The van der Waals surface area contributed by atoms with Crippen LogP contribution in [0.3, 0.4) is 0 Å². The maximum absolute atomic E-state index is 6.24. The van der Waals surface area contributed by atoms with Gasteiger partial charge in [0.05, 0.1) is 28.8 Å². The first-order valence-electron chi connectivity index (χ1n) is 12.5. The number of rotatable bonds is 7. The molecule has 0 radical (unpaired) electrons. The monoisotopic (exact) mass is 508 g/mol. The van der Waals surface area contributed by atoms with Crippen LogP contribution in [0.1, 0.15) is 25.5 Å². The predicted octanol–water partition coefficient (Wildman–Crippen LogP) is 6.47.